The molecule has 0 aliphatic carbocycles. The summed E-state index contributed by atoms with van der Waals surface area (Å²) in [6.45, 7) is -0.377. The van der Waals surface area contributed by atoms with Gasteiger partial charge in [-0.2, -0.15) is 0 Å². The average molecular weight is 279 g/mol. The molecule has 0 saturated carbocycles. The number of para-hydroxylation sites is 2. The van der Waals surface area contributed by atoms with Crippen molar-refractivity contribution in [1.29, 1.82) is 0 Å². The molecule has 0 radical (unpaired) electrons. The van der Waals surface area contributed by atoms with E-state index in [1.54, 1.807) is 24.3 Å². The molecule has 1 unspecified atom stereocenters. The zero-order valence-corrected chi connectivity index (χ0v) is 10.9. The molecule has 1 atom stereocenters. The van der Waals surface area contributed by atoms with Gasteiger partial charge in [0, 0.05) is 5.56 Å². The Morgan fingerprint density at radius 1 is 1.15 bits per heavy atom. The molecular formula is C15H15F2NO2. The Kier molecular flexibility index (Phi) is 4.53. The highest BCUT2D eigenvalue weighted by Gasteiger charge is 2.18. The van der Waals surface area contributed by atoms with E-state index in [-0.39, 0.29) is 12.2 Å². The third-order valence-corrected chi connectivity index (χ3v) is 2.98. The van der Waals surface area contributed by atoms with Crippen LogP contribution in [-0.2, 0) is 0 Å². The van der Waals surface area contributed by atoms with Crippen molar-refractivity contribution in [3.63, 3.8) is 0 Å². The van der Waals surface area contributed by atoms with Gasteiger partial charge in [0.15, 0.2) is 11.6 Å². The molecule has 0 aliphatic heterocycles. The molecule has 0 heterocycles. The summed E-state index contributed by atoms with van der Waals surface area (Å²) in [6, 6.07) is 10.2. The van der Waals surface area contributed by atoms with Gasteiger partial charge in [0.1, 0.15) is 5.75 Å². The van der Waals surface area contributed by atoms with E-state index in [0.29, 0.717) is 11.4 Å². The van der Waals surface area contributed by atoms with E-state index >= 15 is 0 Å². The monoisotopic (exact) mass is 279 g/mol. The topological polar surface area (TPSA) is 41.5 Å². The summed E-state index contributed by atoms with van der Waals surface area (Å²) in [7, 11) is 1.51. The molecule has 0 aliphatic rings. The van der Waals surface area contributed by atoms with Crippen LogP contribution < -0.4 is 10.1 Å². The van der Waals surface area contributed by atoms with Crippen molar-refractivity contribution in [1.82, 2.24) is 0 Å². The maximum absolute atomic E-state index is 13.8. The lowest BCUT2D eigenvalue weighted by molar-refractivity contribution is 0.272. The lowest BCUT2D eigenvalue weighted by Gasteiger charge is -2.20. The predicted molar refractivity (Wildman–Crippen MR) is 72.8 cm³/mol. The second-order valence-electron chi connectivity index (χ2n) is 4.22. The zero-order valence-electron chi connectivity index (χ0n) is 10.9. The number of halogens is 2. The summed E-state index contributed by atoms with van der Waals surface area (Å²) < 4.78 is 32.2. The minimum absolute atomic E-state index is 0.0680. The van der Waals surface area contributed by atoms with Crippen LogP contribution in [0, 0.1) is 11.6 Å². The first-order valence-corrected chi connectivity index (χ1v) is 6.11. The molecule has 2 N–H and O–H groups in total. The fourth-order valence-corrected chi connectivity index (χ4v) is 1.96. The minimum atomic E-state index is -0.964. The summed E-state index contributed by atoms with van der Waals surface area (Å²) in [5, 5.41) is 12.4. The SMILES string of the molecule is COc1ccccc1NC(CO)c1cccc(F)c1F. The number of benzene rings is 2. The van der Waals surface area contributed by atoms with Crippen LogP contribution in [0.1, 0.15) is 11.6 Å². The number of aliphatic hydroxyl groups excluding tert-OH is 1. The second kappa shape index (κ2) is 6.34. The van der Waals surface area contributed by atoms with Gasteiger partial charge in [-0.25, -0.2) is 8.78 Å². The van der Waals surface area contributed by atoms with Gasteiger partial charge < -0.3 is 15.2 Å². The number of aliphatic hydroxyl groups is 1. The van der Waals surface area contributed by atoms with Crippen LogP contribution in [0.2, 0.25) is 0 Å². The van der Waals surface area contributed by atoms with Crippen molar-refractivity contribution >= 4 is 5.69 Å². The highest BCUT2D eigenvalue weighted by atomic mass is 19.2. The number of nitrogens with one attached hydrogen (secondary N) is 1. The lowest BCUT2D eigenvalue weighted by Crippen LogP contribution is -2.17. The highest BCUT2D eigenvalue weighted by molar-refractivity contribution is 5.57. The molecule has 0 aromatic heterocycles. The lowest BCUT2D eigenvalue weighted by atomic mass is 10.1. The molecule has 0 bridgehead atoms. The van der Waals surface area contributed by atoms with E-state index in [1.807, 2.05) is 0 Å². The summed E-state index contributed by atoms with van der Waals surface area (Å²) in [5.41, 5.74) is 0.663. The molecule has 0 spiro atoms. The van der Waals surface area contributed by atoms with Gasteiger partial charge in [-0.15, -0.1) is 0 Å². The second-order valence-corrected chi connectivity index (χ2v) is 4.22. The number of methoxy groups -OCH3 is 1. The molecule has 20 heavy (non-hydrogen) atoms. The maximum atomic E-state index is 13.8. The van der Waals surface area contributed by atoms with Crippen LogP contribution in [0.3, 0.4) is 0 Å². The van der Waals surface area contributed by atoms with E-state index in [9.17, 15) is 13.9 Å². The Bertz CT molecular complexity index is 590. The molecule has 106 valence electrons. The van der Waals surface area contributed by atoms with Gasteiger partial charge >= 0.3 is 0 Å². The fourth-order valence-electron chi connectivity index (χ4n) is 1.96. The zero-order chi connectivity index (χ0) is 14.5. The fraction of sp³-hybridized carbons (Fsp3) is 0.200. The average Bonchev–Trinajstić information content (AvgIpc) is 2.48. The van der Waals surface area contributed by atoms with E-state index in [4.69, 9.17) is 4.74 Å². The Labute approximate surface area is 115 Å². The van der Waals surface area contributed by atoms with Crippen LogP contribution in [-0.4, -0.2) is 18.8 Å². The number of hydrogen-bond donors (Lipinski definition) is 2. The van der Waals surface area contributed by atoms with Crippen LogP contribution in [0.25, 0.3) is 0 Å². The molecule has 0 fully saturated rings. The third-order valence-electron chi connectivity index (χ3n) is 2.98. The molecular weight excluding hydrogens is 264 g/mol. The molecule has 0 amide bonds. The summed E-state index contributed by atoms with van der Waals surface area (Å²) in [6.07, 6.45) is 0. The number of ether oxygens (including phenoxy) is 1. The first kappa shape index (κ1) is 14.3. The van der Waals surface area contributed by atoms with Crippen LogP contribution in [0.4, 0.5) is 14.5 Å². The van der Waals surface area contributed by atoms with Crippen molar-refractivity contribution in [3.05, 3.63) is 59.7 Å². The van der Waals surface area contributed by atoms with Crippen molar-refractivity contribution in [2.24, 2.45) is 0 Å². The van der Waals surface area contributed by atoms with Crippen molar-refractivity contribution in [2.45, 2.75) is 6.04 Å². The first-order valence-electron chi connectivity index (χ1n) is 6.11. The Morgan fingerprint density at radius 2 is 1.90 bits per heavy atom. The van der Waals surface area contributed by atoms with E-state index in [1.165, 1.54) is 19.2 Å². The largest absolute Gasteiger partial charge is 0.495 e. The number of anilines is 1. The molecule has 2 rings (SSSR count). The summed E-state index contributed by atoms with van der Waals surface area (Å²) in [4.78, 5) is 0. The maximum Gasteiger partial charge on any atom is 0.164 e. The number of hydrogen-bond acceptors (Lipinski definition) is 3. The molecule has 2 aromatic carbocycles. The Balaban J connectivity index is 2.31. The normalized spacial score (nSPS) is 12.0. The van der Waals surface area contributed by atoms with Gasteiger partial charge in [-0.1, -0.05) is 24.3 Å². The van der Waals surface area contributed by atoms with Crippen LogP contribution in [0.15, 0.2) is 42.5 Å². The van der Waals surface area contributed by atoms with E-state index < -0.39 is 17.7 Å². The number of rotatable bonds is 5. The first-order chi connectivity index (χ1) is 9.67. The molecule has 5 heteroatoms. The molecule has 2 aromatic rings. The van der Waals surface area contributed by atoms with Gasteiger partial charge in [-0.3, -0.25) is 0 Å². The van der Waals surface area contributed by atoms with E-state index in [0.717, 1.165) is 6.07 Å². The molecule has 3 nitrogen and oxygen atoms in total. The standard InChI is InChI=1S/C15H15F2NO2/c1-20-14-8-3-2-7-12(14)18-13(9-19)10-5-4-6-11(16)15(10)17/h2-8,13,18-19H,9H2,1H3. The predicted octanol–water partition coefficient (Wildman–Crippen LogP) is 3.12. The molecule has 0 saturated heterocycles. The Morgan fingerprint density at radius 3 is 2.60 bits per heavy atom. The van der Waals surface area contributed by atoms with Crippen LogP contribution in [0.5, 0.6) is 5.75 Å². The minimum Gasteiger partial charge on any atom is -0.495 e. The quantitative estimate of drug-likeness (QED) is 0.883. The Hall–Kier alpha value is -2.14. The van der Waals surface area contributed by atoms with Crippen LogP contribution >= 0.6 is 0 Å². The van der Waals surface area contributed by atoms with Crippen molar-refractivity contribution in [2.75, 3.05) is 19.0 Å². The van der Waals surface area contributed by atoms with Gasteiger partial charge in [0.05, 0.1) is 25.4 Å². The van der Waals surface area contributed by atoms with Gasteiger partial charge in [-0.05, 0) is 18.2 Å². The summed E-state index contributed by atoms with van der Waals surface area (Å²) in [5.74, 6) is -1.35. The van der Waals surface area contributed by atoms with E-state index in [2.05, 4.69) is 5.32 Å². The highest BCUT2D eigenvalue weighted by Crippen LogP contribution is 2.29. The van der Waals surface area contributed by atoms with Crippen molar-refractivity contribution in [3.8, 4) is 5.75 Å². The smallest absolute Gasteiger partial charge is 0.164 e. The van der Waals surface area contributed by atoms with Gasteiger partial charge in [0.25, 0.3) is 0 Å². The van der Waals surface area contributed by atoms with Gasteiger partial charge in [0.2, 0.25) is 0 Å². The third kappa shape index (κ3) is 2.88. The summed E-state index contributed by atoms with van der Waals surface area (Å²) >= 11 is 0. The van der Waals surface area contributed by atoms with Crippen molar-refractivity contribution < 1.29 is 18.6 Å².